The molecule has 0 N–H and O–H groups in total. The Balaban J connectivity index is 2.90. The molecule has 0 amide bonds. The van der Waals surface area contributed by atoms with Crippen LogP contribution in [0.2, 0.25) is 0 Å². The molecule has 0 saturated heterocycles. The second kappa shape index (κ2) is 6.99. The Morgan fingerprint density at radius 2 is 2.00 bits per heavy atom. The molecule has 0 atom stereocenters. The van der Waals surface area contributed by atoms with Crippen LogP contribution in [0.4, 0.5) is 0 Å². The van der Waals surface area contributed by atoms with Crippen molar-refractivity contribution in [2.75, 3.05) is 14.2 Å². The molecule has 1 aliphatic carbocycles. The third kappa shape index (κ3) is 3.45. The van der Waals surface area contributed by atoms with E-state index in [0.29, 0.717) is 12.0 Å². The van der Waals surface area contributed by atoms with Crippen molar-refractivity contribution >= 4 is 11.9 Å². The van der Waals surface area contributed by atoms with Gasteiger partial charge in [0.1, 0.15) is 0 Å². The number of hydrogen-bond acceptors (Lipinski definition) is 4. The van der Waals surface area contributed by atoms with Crippen molar-refractivity contribution in [3.05, 3.63) is 22.8 Å². The van der Waals surface area contributed by atoms with Gasteiger partial charge in [-0.25, -0.2) is 4.79 Å². The van der Waals surface area contributed by atoms with Gasteiger partial charge in [0.05, 0.1) is 20.6 Å². The summed E-state index contributed by atoms with van der Waals surface area (Å²) in [4.78, 5) is 23.1. The number of rotatable bonds is 6. The van der Waals surface area contributed by atoms with Gasteiger partial charge in [-0.1, -0.05) is 19.4 Å². The predicted molar refractivity (Wildman–Crippen MR) is 67.9 cm³/mol. The van der Waals surface area contributed by atoms with Gasteiger partial charge in [-0.3, -0.25) is 4.79 Å². The molecular formula is C14H20O4. The number of unbranched alkanes of at least 4 members (excludes halogenated alkanes) is 1. The zero-order valence-electron chi connectivity index (χ0n) is 11.2. The van der Waals surface area contributed by atoms with Crippen LogP contribution in [0.15, 0.2) is 22.8 Å². The van der Waals surface area contributed by atoms with E-state index in [2.05, 4.69) is 11.7 Å². The van der Waals surface area contributed by atoms with E-state index in [9.17, 15) is 9.59 Å². The van der Waals surface area contributed by atoms with Gasteiger partial charge in [-0.05, 0) is 30.4 Å². The number of carbonyl (C=O) groups is 2. The van der Waals surface area contributed by atoms with Crippen LogP contribution in [0.1, 0.15) is 39.0 Å². The minimum absolute atomic E-state index is 0.149. The Morgan fingerprint density at radius 3 is 2.56 bits per heavy atom. The molecular weight excluding hydrogens is 232 g/mol. The first-order valence-electron chi connectivity index (χ1n) is 6.20. The number of allylic oxidation sites excluding steroid dienone is 2. The van der Waals surface area contributed by atoms with Gasteiger partial charge in [-0.2, -0.15) is 0 Å². The van der Waals surface area contributed by atoms with Crippen molar-refractivity contribution < 1.29 is 19.1 Å². The van der Waals surface area contributed by atoms with Crippen LogP contribution in [-0.4, -0.2) is 26.2 Å². The molecule has 0 bridgehead atoms. The van der Waals surface area contributed by atoms with E-state index in [-0.39, 0.29) is 18.4 Å². The number of hydrogen-bond donors (Lipinski definition) is 0. The fourth-order valence-electron chi connectivity index (χ4n) is 2.05. The van der Waals surface area contributed by atoms with E-state index in [1.165, 1.54) is 14.2 Å². The van der Waals surface area contributed by atoms with Crippen LogP contribution in [-0.2, 0) is 19.1 Å². The van der Waals surface area contributed by atoms with E-state index in [4.69, 9.17) is 4.74 Å². The maximum absolute atomic E-state index is 11.6. The summed E-state index contributed by atoms with van der Waals surface area (Å²) in [6, 6.07) is 0. The average molecular weight is 252 g/mol. The fraction of sp³-hybridized carbons (Fsp3) is 0.571. The topological polar surface area (TPSA) is 52.6 Å². The van der Waals surface area contributed by atoms with Crippen LogP contribution in [0.25, 0.3) is 0 Å². The first-order valence-corrected chi connectivity index (χ1v) is 6.20. The van der Waals surface area contributed by atoms with Gasteiger partial charge in [-0.15, -0.1) is 0 Å². The summed E-state index contributed by atoms with van der Waals surface area (Å²) >= 11 is 0. The Morgan fingerprint density at radius 1 is 1.28 bits per heavy atom. The van der Waals surface area contributed by atoms with E-state index in [1.54, 1.807) is 0 Å². The molecule has 4 heteroatoms. The Kier molecular flexibility index (Phi) is 5.62. The zero-order valence-corrected chi connectivity index (χ0v) is 11.2. The highest BCUT2D eigenvalue weighted by Crippen LogP contribution is 2.33. The van der Waals surface area contributed by atoms with Crippen molar-refractivity contribution in [2.24, 2.45) is 0 Å². The molecule has 0 fully saturated rings. The molecule has 0 aromatic rings. The number of methoxy groups -OCH3 is 2. The van der Waals surface area contributed by atoms with E-state index in [1.807, 2.05) is 6.08 Å². The highest BCUT2D eigenvalue weighted by Gasteiger charge is 2.25. The average Bonchev–Trinajstić information content (AvgIpc) is 2.78. The monoisotopic (exact) mass is 252 g/mol. The summed E-state index contributed by atoms with van der Waals surface area (Å²) in [7, 11) is 2.71. The quantitative estimate of drug-likeness (QED) is 0.682. The smallest absolute Gasteiger partial charge is 0.334 e. The number of esters is 2. The van der Waals surface area contributed by atoms with E-state index >= 15 is 0 Å². The summed E-state index contributed by atoms with van der Waals surface area (Å²) < 4.78 is 9.42. The molecule has 0 radical (unpaired) electrons. The largest absolute Gasteiger partial charge is 0.469 e. The highest BCUT2D eigenvalue weighted by atomic mass is 16.5. The molecule has 4 nitrogen and oxygen atoms in total. The second-order valence-corrected chi connectivity index (χ2v) is 4.24. The van der Waals surface area contributed by atoms with Crippen molar-refractivity contribution in [3.8, 4) is 0 Å². The van der Waals surface area contributed by atoms with Crippen molar-refractivity contribution in [1.82, 2.24) is 0 Å². The predicted octanol–water partition coefficient (Wildman–Crippen LogP) is 2.54. The van der Waals surface area contributed by atoms with Crippen LogP contribution < -0.4 is 0 Å². The molecule has 0 heterocycles. The molecule has 0 aromatic carbocycles. The minimum atomic E-state index is -0.350. The summed E-state index contributed by atoms with van der Waals surface area (Å²) in [6.45, 7) is 2.11. The normalized spacial score (nSPS) is 14.5. The van der Waals surface area contributed by atoms with E-state index < -0.39 is 0 Å². The highest BCUT2D eigenvalue weighted by molar-refractivity contribution is 5.93. The van der Waals surface area contributed by atoms with Crippen molar-refractivity contribution in [1.29, 1.82) is 0 Å². The minimum Gasteiger partial charge on any atom is -0.469 e. The van der Waals surface area contributed by atoms with Crippen molar-refractivity contribution in [3.63, 3.8) is 0 Å². The molecule has 1 rings (SSSR count). The lowest BCUT2D eigenvalue weighted by atomic mass is 9.98. The summed E-state index contributed by atoms with van der Waals surface area (Å²) in [5.74, 6) is -0.674. The van der Waals surface area contributed by atoms with Gasteiger partial charge in [0.2, 0.25) is 0 Å². The molecule has 100 valence electrons. The van der Waals surface area contributed by atoms with Crippen LogP contribution in [0, 0.1) is 0 Å². The third-order valence-electron chi connectivity index (χ3n) is 3.08. The lowest BCUT2D eigenvalue weighted by Gasteiger charge is -2.09. The van der Waals surface area contributed by atoms with Crippen molar-refractivity contribution in [2.45, 2.75) is 39.0 Å². The lowest BCUT2D eigenvalue weighted by molar-refractivity contribution is -0.139. The van der Waals surface area contributed by atoms with Crippen LogP contribution in [0.3, 0.4) is 0 Å². The third-order valence-corrected chi connectivity index (χ3v) is 3.08. The molecule has 1 aliphatic rings. The Hall–Kier alpha value is -1.58. The first kappa shape index (κ1) is 14.5. The first-order chi connectivity index (χ1) is 8.63. The number of carbonyl (C=O) groups excluding carboxylic acids is 2. The Bertz CT molecular complexity index is 391. The molecule has 0 saturated carbocycles. The van der Waals surface area contributed by atoms with Gasteiger partial charge in [0, 0.05) is 5.57 Å². The second-order valence-electron chi connectivity index (χ2n) is 4.24. The SMILES string of the molecule is CCCCC1=CCC(C(=O)OC)=C1CC(=O)OC. The fourth-order valence-corrected chi connectivity index (χ4v) is 2.05. The van der Waals surface area contributed by atoms with Gasteiger partial charge >= 0.3 is 11.9 Å². The van der Waals surface area contributed by atoms with Crippen LogP contribution in [0.5, 0.6) is 0 Å². The Labute approximate surface area is 108 Å². The maximum atomic E-state index is 11.6. The zero-order chi connectivity index (χ0) is 13.5. The molecule has 0 aliphatic heterocycles. The molecule has 0 aromatic heterocycles. The van der Waals surface area contributed by atoms with Gasteiger partial charge < -0.3 is 9.47 Å². The van der Waals surface area contributed by atoms with Crippen LogP contribution >= 0.6 is 0 Å². The van der Waals surface area contributed by atoms with Gasteiger partial charge in [0.25, 0.3) is 0 Å². The molecule has 0 spiro atoms. The summed E-state index contributed by atoms with van der Waals surface area (Å²) in [6.07, 6.45) is 5.74. The van der Waals surface area contributed by atoms with E-state index in [0.717, 1.165) is 30.4 Å². The standard InChI is InChI=1S/C14H20O4/c1-4-5-6-10-7-8-11(14(16)18-3)12(10)9-13(15)17-2/h7H,4-6,8-9H2,1-3H3. The summed E-state index contributed by atoms with van der Waals surface area (Å²) in [5, 5.41) is 0. The lowest BCUT2D eigenvalue weighted by Crippen LogP contribution is -2.09. The maximum Gasteiger partial charge on any atom is 0.334 e. The molecule has 18 heavy (non-hydrogen) atoms. The summed E-state index contributed by atoms with van der Waals surface area (Å²) in [5.41, 5.74) is 2.47. The van der Waals surface area contributed by atoms with Gasteiger partial charge in [0.15, 0.2) is 0 Å². The molecule has 0 unspecified atom stereocenters. The number of ether oxygens (including phenoxy) is 2.